The topological polar surface area (TPSA) is 51.3 Å². The molecule has 0 saturated heterocycles. The smallest absolute Gasteiger partial charge is 0.308 e. The third-order valence-electron chi connectivity index (χ3n) is 3.61. The molecule has 3 rings (SSSR count). The van der Waals surface area contributed by atoms with Crippen LogP contribution in [0.4, 0.5) is 4.39 Å². The van der Waals surface area contributed by atoms with Gasteiger partial charge < -0.3 is 5.32 Å². The van der Waals surface area contributed by atoms with Crippen molar-refractivity contribution in [3.8, 4) is 0 Å². The maximum Gasteiger partial charge on any atom is 0.350 e. The van der Waals surface area contributed by atoms with Crippen molar-refractivity contribution >= 4 is 5.65 Å². The minimum absolute atomic E-state index is 0.00318. The van der Waals surface area contributed by atoms with Gasteiger partial charge in [0, 0.05) is 18.8 Å². The quantitative estimate of drug-likeness (QED) is 0.784. The van der Waals surface area contributed by atoms with Gasteiger partial charge >= 0.3 is 5.69 Å². The van der Waals surface area contributed by atoms with Gasteiger partial charge in [0.15, 0.2) is 5.65 Å². The molecule has 1 N–H and O–H groups in total. The minimum Gasteiger partial charge on any atom is -0.308 e. The zero-order valence-electron chi connectivity index (χ0n) is 12.2. The second-order valence-corrected chi connectivity index (χ2v) is 5.17. The molecule has 2 aromatic heterocycles. The van der Waals surface area contributed by atoms with Crippen LogP contribution in [0.1, 0.15) is 18.5 Å². The molecule has 0 radical (unpaired) electrons. The van der Waals surface area contributed by atoms with Crippen LogP contribution in [0.15, 0.2) is 53.5 Å². The van der Waals surface area contributed by atoms with E-state index in [1.807, 2.05) is 19.1 Å². The summed E-state index contributed by atoms with van der Waals surface area (Å²) in [5, 5.41) is 7.53. The molecule has 0 saturated carbocycles. The molecule has 114 valence electrons. The molecule has 0 bridgehead atoms. The van der Waals surface area contributed by atoms with Gasteiger partial charge in [0.2, 0.25) is 0 Å². The van der Waals surface area contributed by atoms with Gasteiger partial charge in [0.25, 0.3) is 0 Å². The van der Waals surface area contributed by atoms with Gasteiger partial charge in [0.05, 0.1) is 6.54 Å². The highest BCUT2D eigenvalue weighted by Gasteiger charge is 2.08. The highest BCUT2D eigenvalue weighted by atomic mass is 19.1. The van der Waals surface area contributed by atoms with Gasteiger partial charge in [-0.2, -0.15) is 0 Å². The molecular weight excluding hydrogens is 283 g/mol. The second kappa shape index (κ2) is 6.11. The Balaban J connectivity index is 1.65. The van der Waals surface area contributed by atoms with Gasteiger partial charge in [-0.05, 0) is 36.8 Å². The summed E-state index contributed by atoms with van der Waals surface area (Å²) in [6.07, 6.45) is 1.70. The van der Waals surface area contributed by atoms with Gasteiger partial charge in [-0.1, -0.05) is 18.2 Å². The number of aromatic nitrogens is 3. The molecule has 5 nitrogen and oxygen atoms in total. The Morgan fingerprint density at radius 1 is 1.27 bits per heavy atom. The van der Waals surface area contributed by atoms with E-state index < -0.39 is 0 Å². The first-order chi connectivity index (χ1) is 10.6. The molecule has 0 aliphatic carbocycles. The van der Waals surface area contributed by atoms with Crippen LogP contribution in [0.5, 0.6) is 0 Å². The fourth-order valence-corrected chi connectivity index (χ4v) is 2.39. The predicted octanol–water partition coefficient (Wildman–Crippen LogP) is 1.99. The molecule has 3 aromatic rings. The van der Waals surface area contributed by atoms with Crippen molar-refractivity contribution in [3.63, 3.8) is 0 Å². The number of rotatable bonds is 5. The molecule has 0 fully saturated rings. The minimum atomic E-state index is -0.247. The Labute approximate surface area is 127 Å². The van der Waals surface area contributed by atoms with E-state index in [2.05, 4.69) is 10.4 Å². The summed E-state index contributed by atoms with van der Waals surface area (Å²) in [4.78, 5) is 12.1. The Morgan fingerprint density at radius 2 is 2.14 bits per heavy atom. The van der Waals surface area contributed by atoms with Gasteiger partial charge in [-0.3, -0.25) is 4.40 Å². The van der Waals surface area contributed by atoms with Crippen LogP contribution >= 0.6 is 0 Å². The van der Waals surface area contributed by atoms with Gasteiger partial charge in [-0.15, -0.1) is 5.10 Å². The van der Waals surface area contributed by atoms with E-state index in [4.69, 9.17) is 0 Å². The maximum absolute atomic E-state index is 13.2. The Morgan fingerprint density at radius 3 is 2.91 bits per heavy atom. The monoisotopic (exact) mass is 300 g/mol. The lowest BCUT2D eigenvalue weighted by molar-refractivity contribution is 0.497. The summed E-state index contributed by atoms with van der Waals surface area (Å²) in [5.41, 5.74) is 1.35. The fourth-order valence-electron chi connectivity index (χ4n) is 2.39. The average Bonchev–Trinajstić information content (AvgIpc) is 2.84. The predicted molar refractivity (Wildman–Crippen MR) is 82.3 cm³/mol. The third-order valence-corrected chi connectivity index (χ3v) is 3.61. The molecule has 0 spiro atoms. The Bertz CT molecular complexity index is 839. The lowest BCUT2D eigenvalue weighted by Gasteiger charge is -2.13. The molecule has 22 heavy (non-hydrogen) atoms. The summed E-state index contributed by atoms with van der Waals surface area (Å²) in [6, 6.07) is 11.9. The van der Waals surface area contributed by atoms with E-state index in [1.165, 1.54) is 21.2 Å². The zero-order chi connectivity index (χ0) is 15.5. The second-order valence-electron chi connectivity index (χ2n) is 5.17. The Kier molecular flexibility index (Phi) is 4.02. The van der Waals surface area contributed by atoms with Crippen LogP contribution in [0.3, 0.4) is 0 Å². The molecule has 2 heterocycles. The van der Waals surface area contributed by atoms with Gasteiger partial charge in [0.1, 0.15) is 5.82 Å². The average molecular weight is 300 g/mol. The first-order valence-electron chi connectivity index (χ1n) is 7.18. The Hall–Kier alpha value is -2.47. The number of nitrogens with one attached hydrogen (secondary N) is 1. The van der Waals surface area contributed by atoms with E-state index in [9.17, 15) is 9.18 Å². The van der Waals surface area contributed by atoms with Crippen LogP contribution in [-0.4, -0.2) is 20.7 Å². The highest BCUT2D eigenvalue weighted by molar-refractivity contribution is 5.35. The third kappa shape index (κ3) is 2.92. The van der Waals surface area contributed by atoms with Crippen molar-refractivity contribution in [2.45, 2.75) is 19.5 Å². The molecule has 0 unspecified atom stereocenters. The SMILES string of the molecule is C[C@H](NCCn1nc2ccccn2c1=O)c1cccc(F)c1. The van der Waals surface area contributed by atoms with Gasteiger partial charge in [-0.25, -0.2) is 13.9 Å². The fraction of sp³-hybridized carbons (Fsp3) is 0.250. The van der Waals surface area contributed by atoms with Crippen LogP contribution < -0.4 is 11.0 Å². The molecule has 0 aliphatic rings. The normalized spacial score (nSPS) is 12.6. The summed E-state index contributed by atoms with van der Waals surface area (Å²) in [5.74, 6) is -0.247. The zero-order valence-corrected chi connectivity index (χ0v) is 12.2. The first-order valence-corrected chi connectivity index (χ1v) is 7.18. The largest absolute Gasteiger partial charge is 0.350 e. The lowest BCUT2D eigenvalue weighted by atomic mass is 10.1. The number of fused-ring (bicyclic) bond motifs is 1. The van der Waals surface area contributed by atoms with Crippen molar-refractivity contribution in [3.05, 3.63) is 70.5 Å². The van der Waals surface area contributed by atoms with E-state index in [1.54, 1.807) is 24.4 Å². The molecule has 6 heteroatoms. The summed E-state index contributed by atoms with van der Waals surface area (Å²) in [7, 11) is 0. The van der Waals surface area contributed by atoms with Crippen molar-refractivity contribution < 1.29 is 4.39 Å². The molecule has 1 atom stereocenters. The van der Waals surface area contributed by atoms with Crippen molar-refractivity contribution in [1.29, 1.82) is 0 Å². The standard InChI is InChI=1S/C16H17FN4O/c1-12(13-5-4-6-14(17)11-13)18-8-10-21-16(22)20-9-3-2-7-15(20)19-21/h2-7,9,11-12,18H,8,10H2,1H3/t12-/m0/s1. The van der Waals surface area contributed by atoms with Crippen molar-refractivity contribution in [1.82, 2.24) is 19.5 Å². The van der Waals surface area contributed by atoms with E-state index in [-0.39, 0.29) is 17.5 Å². The van der Waals surface area contributed by atoms with Crippen molar-refractivity contribution in [2.24, 2.45) is 0 Å². The number of hydrogen-bond donors (Lipinski definition) is 1. The highest BCUT2D eigenvalue weighted by Crippen LogP contribution is 2.12. The maximum atomic E-state index is 13.2. The summed E-state index contributed by atoms with van der Waals surface area (Å²) < 4.78 is 16.1. The summed E-state index contributed by atoms with van der Waals surface area (Å²) >= 11 is 0. The molecular formula is C16H17FN4O. The van der Waals surface area contributed by atoms with E-state index >= 15 is 0 Å². The number of benzene rings is 1. The molecule has 0 amide bonds. The van der Waals surface area contributed by atoms with Crippen LogP contribution in [0, 0.1) is 5.82 Å². The van der Waals surface area contributed by atoms with E-state index in [0.29, 0.717) is 18.7 Å². The van der Waals surface area contributed by atoms with Crippen molar-refractivity contribution in [2.75, 3.05) is 6.54 Å². The summed E-state index contributed by atoms with van der Waals surface area (Å²) in [6.45, 7) is 2.99. The lowest BCUT2D eigenvalue weighted by Crippen LogP contribution is -2.29. The van der Waals surface area contributed by atoms with Crippen LogP contribution in [0.2, 0.25) is 0 Å². The van der Waals surface area contributed by atoms with Crippen LogP contribution in [-0.2, 0) is 6.54 Å². The number of halogens is 1. The molecule has 1 aromatic carbocycles. The number of hydrogen-bond acceptors (Lipinski definition) is 3. The van der Waals surface area contributed by atoms with Crippen LogP contribution in [0.25, 0.3) is 5.65 Å². The number of pyridine rings is 1. The number of nitrogens with zero attached hydrogens (tertiary/aromatic N) is 3. The first kappa shape index (κ1) is 14.5. The molecule has 0 aliphatic heterocycles. The van der Waals surface area contributed by atoms with E-state index in [0.717, 1.165) is 5.56 Å².